The molecule has 0 fully saturated rings. The molecule has 0 aliphatic carbocycles. The molecule has 0 aromatic heterocycles. The molecule has 0 spiro atoms. The predicted octanol–water partition coefficient (Wildman–Crippen LogP) is 2.77. The fourth-order valence-corrected chi connectivity index (χ4v) is 2.36. The Labute approximate surface area is 124 Å². The van der Waals surface area contributed by atoms with Crippen LogP contribution >= 0.6 is 15.9 Å². The SMILES string of the molecule is COCC(Br)CN(C)C(=O)c1ccccc1OC(F)F. The Hall–Kier alpha value is -1.21. The summed E-state index contributed by atoms with van der Waals surface area (Å²) in [6.07, 6.45) is 0. The van der Waals surface area contributed by atoms with Crippen LogP contribution in [0.4, 0.5) is 8.78 Å². The van der Waals surface area contributed by atoms with Crippen molar-refractivity contribution in [1.29, 1.82) is 0 Å². The molecule has 1 amide bonds. The molecular weight excluding hydrogens is 336 g/mol. The monoisotopic (exact) mass is 351 g/mol. The zero-order valence-electron chi connectivity index (χ0n) is 11.2. The van der Waals surface area contributed by atoms with Crippen molar-refractivity contribution in [2.75, 3.05) is 27.3 Å². The van der Waals surface area contributed by atoms with E-state index in [0.717, 1.165) is 0 Å². The average molecular weight is 352 g/mol. The topological polar surface area (TPSA) is 38.8 Å². The van der Waals surface area contributed by atoms with Gasteiger partial charge >= 0.3 is 6.61 Å². The first kappa shape index (κ1) is 16.8. The van der Waals surface area contributed by atoms with Crippen molar-refractivity contribution in [1.82, 2.24) is 4.90 Å². The largest absolute Gasteiger partial charge is 0.434 e. The standard InChI is InChI=1S/C13H16BrF2NO3/c1-17(7-9(14)8-19-2)12(18)10-5-3-4-6-11(10)20-13(15)16/h3-6,9,13H,7-8H2,1-2H3. The molecule has 0 bridgehead atoms. The number of ether oxygens (including phenoxy) is 2. The number of benzene rings is 1. The van der Waals surface area contributed by atoms with Crippen LogP contribution < -0.4 is 4.74 Å². The smallest absolute Gasteiger partial charge is 0.387 e. The molecule has 0 N–H and O–H groups in total. The van der Waals surface area contributed by atoms with Gasteiger partial charge in [-0.2, -0.15) is 8.78 Å². The van der Waals surface area contributed by atoms with E-state index < -0.39 is 6.61 Å². The van der Waals surface area contributed by atoms with Gasteiger partial charge < -0.3 is 14.4 Å². The van der Waals surface area contributed by atoms with Crippen LogP contribution in [0, 0.1) is 0 Å². The lowest BCUT2D eigenvalue weighted by Gasteiger charge is -2.21. The third kappa shape index (κ3) is 5.05. The summed E-state index contributed by atoms with van der Waals surface area (Å²) in [5.41, 5.74) is 0.104. The minimum Gasteiger partial charge on any atom is -0.434 e. The number of amides is 1. The summed E-state index contributed by atoms with van der Waals surface area (Å²) in [4.78, 5) is 13.6. The number of halogens is 3. The third-order valence-corrected chi connectivity index (χ3v) is 3.05. The van der Waals surface area contributed by atoms with E-state index >= 15 is 0 Å². The molecule has 4 nitrogen and oxygen atoms in total. The number of alkyl halides is 3. The first-order chi connectivity index (χ1) is 9.45. The second-order valence-electron chi connectivity index (χ2n) is 4.11. The van der Waals surface area contributed by atoms with Gasteiger partial charge in [-0.05, 0) is 12.1 Å². The van der Waals surface area contributed by atoms with Gasteiger partial charge in [0.05, 0.1) is 17.0 Å². The summed E-state index contributed by atoms with van der Waals surface area (Å²) in [5, 5.41) is 0. The minimum atomic E-state index is -2.97. The predicted molar refractivity (Wildman–Crippen MR) is 74.6 cm³/mol. The maximum atomic E-state index is 12.3. The van der Waals surface area contributed by atoms with Crippen LogP contribution in [0.15, 0.2) is 24.3 Å². The Morgan fingerprint density at radius 2 is 2.05 bits per heavy atom. The van der Waals surface area contributed by atoms with Crippen LogP contribution in [-0.2, 0) is 4.74 Å². The van der Waals surface area contributed by atoms with Crippen molar-refractivity contribution in [2.24, 2.45) is 0 Å². The summed E-state index contributed by atoms with van der Waals surface area (Å²) in [5.74, 6) is -0.515. The number of methoxy groups -OCH3 is 1. The van der Waals surface area contributed by atoms with E-state index in [1.165, 1.54) is 23.1 Å². The highest BCUT2D eigenvalue weighted by Crippen LogP contribution is 2.22. The fraction of sp³-hybridized carbons (Fsp3) is 0.462. The van der Waals surface area contributed by atoms with Gasteiger partial charge in [0.25, 0.3) is 5.91 Å². The maximum Gasteiger partial charge on any atom is 0.387 e. The highest BCUT2D eigenvalue weighted by molar-refractivity contribution is 9.09. The summed E-state index contributed by atoms with van der Waals surface area (Å²) in [7, 11) is 3.15. The molecule has 1 aromatic carbocycles. The zero-order chi connectivity index (χ0) is 15.1. The first-order valence-electron chi connectivity index (χ1n) is 5.88. The molecule has 0 heterocycles. The summed E-state index contributed by atoms with van der Waals surface area (Å²) in [6.45, 7) is -2.14. The van der Waals surface area contributed by atoms with Gasteiger partial charge in [-0.3, -0.25) is 4.79 Å². The average Bonchev–Trinajstić information content (AvgIpc) is 2.38. The van der Waals surface area contributed by atoms with Gasteiger partial charge in [-0.1, -0.05) is 28.1 Å². The van der Waals surface area contributed by atoms with E-state index in [0.29, 0.717) is 13.2 Å². The molecule has 0 radical (unpaired) electrons. The number of carbonyl (C=O) groups excluding carboxylic acids is 1. The van der Waals surface area contributed by atoms with Gasteiger partial charge in [0.1, 0.15) is 5.75 Å². The lowest BCUT2D eigenvalue weighted by Crippen LogP contribution is -2.34. The fourth-order valence-electron chi connectivity index (χ4n) is 1.66. The second-order valence-corrected chi connectivity index (χ2v) is 5.41. The molecule has 0 aliphatic heterocycles. The molecule has 0 saturated heterocycles. The van der Waals surface area contributed by atoms with Crippen molar-refractivity contribution in [2.45, 2.75) is 11.4 Å². The van der Waals surface area contributed by atoms with E-state index in [-0.39, 0.29) is 22.0 Å². The number of carbonyl (C=O) groups is 1. The molecule has 1 atom stereocenters. The molecule has 1 rings (SSSR count). The highest BCUT2D eigenvalue weighted by atomic mass is 79.9. The van der Waals surface area contributed by atoms with E-state index in [4.69, 9.17) is 4.74 Å². The van der Waals surface area contributed by atoms with Gasteiger partial charge in [0.15, 0.2) is 0 Å². The molecule has 20 heavy (non-hydrogen) atoms. The van der Waals surface area contributed by atoms with Gasteiger partial charge in [0, 0.05) is 20.7 Å². The first-order valence-corrected chi connectivity index (χ1v) is 6.79. The van der Waals surface area contributed by atoms with Crippen molar-refractivity contribution in [3.05, 3.63) is 29.8 Å². The summed E-state index contributed by atoms with van der Waals surface area (Å²) in [6, 6.07) is 5.93. The molecule has 0 aliphatic rings. The van der Waals surface area contributed by atoms with Crippen molar-refractivity contribution >= 4 is 21.8 Å². The van der Waals surface area contributed by atoms with E-state index in [2.05, 4.69) is 20.7 Å². The Bertz CT molecular complexity index is 445. The highest BCUT2D eigenvalue weighted by Gasteiger charge is 2.20. The Balaban J connectivity index is 2.80. The van der Waals surface area contributed by atoms with Gasteiger partial charge in [0.2, 0.25) is 0 Å². The summed E-state index contributed by atoms with van der Waals surface area (Å²) >= 11 is 3.37. The van der Waals surface area contributed by atoms with E-state index in [9.17, 15) is 13.6 Å². The van der Waals surface area contributed by atoms with Gasteiger partial charge in [-0.25, -0.2) is 0 Å². The van der Waals surface area contributed by atoms with Crippen LogP contribution in [-0.4, -0.2) is 49.6 Å². The number of nitrogens with zero attached hydrogens (tertiary/aromatic N) is 1. The second kappa shape index (κ2) is 8.16. The summed E-state index contributed by atoms with van der Waals surface area (Å²) < 4.78 is 33.9. The normalized spacial score (nSPS) is 12.3. The third-order valence-electron chi connectivity index (χ3n) is 2.50. The van der Waals surface area contributed by atoms with E-state index in [1.54, 1.807) is 20.2 Å². The van der Waals surface area contributed by atoms with Crippen LogP contribution in [0.2, 0.25) is 0 Å². The molecular formula is C13H16BrF2NO3. The number of hydrogen-bond donors (Lipinski definition) is 0. The van der Waals surface area contributed by atoms with Crippen molar-refractivity contribution in [3.63, 3.8) is 0 Å². The minimum absolute atomic E-state index is 0.0374. The van der Waals surface area contributed by atoms with Crippen LogP contribution in [0.25, 0.3) is 0 Å². The molecule has 1 unspecified atom stereocenters. The van der Waals surface area contributed by atoms with Gasteiger partial charge in [-0.15, -0.1) is 0 Å². The zero-order valence-corrected chi connectivity index (χ0v) is 12.8. The van der Waals surface area contributed by atoms with E-state index in [1.807, 2.05) is 0 Å². The molecule has 0 saturated carbocycles. The van der Waals surface area contributed by atoms with Crippen LogP contribution in [0.5, 0.6) is 5.75 Å². The Kier molecular flexibility index (Phi) is 6.87. The quantitative estimate of drug-likeness (QED) is 0.709. The Morgan fingerprint density at radius 3 is 2.65 bits per heavy atom. The number of rotatable bonds is 7. The maximum absolute atomic E-state index is 12.3. The number of hydrogen-bond acceptors (Lipinski definition) is 3. The van der Waals surface area contributed by atoms with Crippen molar-refractivity contribution < 1.29 is 23.0 Å². The lowest BCUT2D eigenvalue weighted by molar-refractivity contribution is -0.0502. The lowest BCUT2D eigenvalue weighted by atomic mass is 10.1. The van der Waals surface area contributed by atoms with Crippen molar-refractivity contribution in [3.8, 4) is 5.75 Å². The van der Waals surface area contributed by atoms with Crippen LogP contribution in [0.3, 0.4) is 0 Å². The molecule has 1 aromatic rings. The Morgan fingerprint density at radius 1 is 1.40 bits per heavy atom. The molecule has 7 heteroatoms. The number of para-hydroxylation sites is 1. The van der Waals surface area contributed by atoms with Crippen LogP contribution in [0.1, 0.15) is 10.4 Å². The molecule has 112 valence electrons.